The molecule has 0 radical (unpaired) electrons. The average molecular weight is 459 g/mol. The molecule has 3 aromatic rings. The summed E-state index contributed by atoms with van der Waals surface area (Å²) in [7, 11) is 0. The Balaban J connectivity index is 1.73. The SMILES string of the molecule is CC(c1ccccc1-c1ccccn1)N(CC1CC1)C(=O)c1cc(Cl)cc(C(F)(F)F)c1. The second-order valence-corrected chi connectivity index (χ2v) is 8.54. The van der Waals surface area contributed by atoms with Gasteiger partial charge < -0.3 is 4.90 Å². The van der Waals surface area contributed by atoms with E-state index in [0.717, 1.165) is 41.8 Å². The summed E-state index contributed by atoms with van der Waals surface area (Å²) in [6, 6.07) is 15.9. The number of nitrogens with zero attached hydrogens (tertiary/aromatic N) is 2. The molecular weight excluding hydrogens is 437 g/mol. The summed E-state index contributed by atoms with van der Waals surface area (Å²) in [6.45, 7) is 2.38. The molecule has 1 heterocycles. The molecule has 3 nitrogen and oxygen atoms in total. The molecular formula is C25H22ClF3N2O. The van der Waals surface area contributed by atoms with Gasteiger partial charge in [-0.05, 0) is 61.6 Å². The van der Waals surface area contributed by atoms with E-state index in [-0.39, 0.29) is 16.6 Å². The predicted octanol–water partition coefficient (Wildman–Crippen LogP) is 7.03. The molecule has 32 heavy (non-hydrogen) atoms. The Morgan fingerprint density at radius 3 is 2.50 bits per heavy atom. The summed E-state index contributed by atoms with van der Waals surface area (Å²) in [4.78, 5) is 19.6. The molecule has 1 unspecified atom stereocenters. The molecule has 1 saturated carbocycles. The molecule has 2 aromatic carbocycles. The van der Waals surface area contributed by atoms with Gasteiger partial charge >= 0.3 is 6.18 Å². The van der Waals surface area contributed by atoms with Crippen molar-refractivity contribution in [3.63, 3.8) is 0 Å². The van der Waals surface area contributed by atoms with Gasteiger partial charge in [0, 0.05) is 28.9 Å². The molecule has 0 bridgehead atoms. The van der Waals surface area contributed by atoms with Gasteiger partial charge in [0.2, 0.25) is 0 Å². The second kappa shape index (κ2) is 8.94. The van der Waals surface area contributed by atoms with Crippen molar-refractivity contribution in [1.29, 1.82) is 0 Å². The zero-order chi connectivity index (χ0) is 22.9. The maximum Gasteiger partial charge on any atom is 0.416 e. The Labute approximate surface area is 189 Å². The molecule has 0 saturated heterocycles. The lowest BCUT2D eigenvalue weighted by Crippen LogP contribution is -2.35. The number of amides is 1. The van der Waals surface area contributed by atoms with Crippen LogP contribution >= 0.6 is 11.6 Å². The molecule has 166 valence electrons. The minimum atomic E-state index is -4.58. The van der Waals surface area contributed by atoms with E-state index in [0.29, 0.717) is 12.5 Å². The summed E-state index contributed by atoms with van der Waals surface area (Å²) in [6.07, 6.45) is -0.879. The van der Waals surface area contributed by atoms with Crippen molar-refractivity contribution in [2.75, 3.05) is 6.54 Å². The highest BCUT2D eigenvalue weighted by Gasteiger charge is 2.35. The van der Waals surface area contributed by atoms with Crippen LogP contribution in [0.15, 0.2) is 66.9 Å². The van der Waals surface area contributed by atoms with E-state index in [2.05, 4.69) is 4.98 Å². The van der Waals surface area contributed by atoms with Crippen molar-refractivity contribution in [2.24, 2.45) is 5.92 Å². The Morgan fingerprint density at radius 2 is 1.84 bits per heavy atom. The Bertz CT molecular complexity index is 1110. The fraction of sp³-hybridized carbons (Fsp3) is 0.280. The Hall–Kier alpha value is -2.86. The van der Waals surface area contributed by atoms with E-state index in [4.69, 9.17) is 11.6 Å². The number of alkyl halides is 3. The number of hydrogen-bond donors (Lipinski definition) is 0. The molecule has 0 N–H and O–H groups in total. The van der Waals surface area contributed by atoms with Crippen LogP contribution in [-0.4, -0.2) is 22.3 Å². The van der Waals surface area contributed by atoms with Gasteiger partial charge in [-0.25, -0.2) is 0 Å². The zero-order valence-electron chi connectivity index (χ0n) is 17.4. The molecule has 7 heteroatoms. The second-order valence-electron chi connectivity index (χ2n) is 8.11. The minimum Gasteiger partial charge on any atom is -0.332 e. The van der Waals surface area contributed by atoms with Crippen LogP contribution in [0.1, 0.15) is 47.3 Å². The van der Waals surface area contributed by atoms with E-state index in [1.807, 2.05) is 49.4 Å². The van der Waals surface area contributed by atoms with Crippen LogP contribution in [-0.2, 0) is 6.18 Å². The molecule has 1 atom stereocenters. The van der Waals surface area contributed by atoms with Crippen LogP contribution in [0.2, 0.25) is 5.02 Å². The van der Waals surface area contributed by atoms with Crippen molar-refractivity contribution in [1.82, 2.24) is 9.88 Å². The Morgan fingerprint density at radius 1 is 1.12 bits per heavy atom. The predicted molar refractivity (Wildman–Crippen MR) is 118 cm³/mol. The highest BCUT2D eigenvalue weighted by molar-refractivity contribution is 6.31. The van der Waals surface area contributed by atoms with Crippen LogP contribution in [0.4, 0.5) is 13.2 Å². The van der Waals surface area contributed by atoms with E-state index in [1.54, 1.807) is 11.1 Å². The van der Waals surface area contributed by atoms with Gasteiger partial charge in [0.25, 0.3) is 5.91 Å². The highest BCUT2D eigenvalue weighted by Crippen LogP contribution is 2.37. The van der Waals surface area contributed by atoms with Gasteiger partial charge in [0.15, 0.2) is 0 Å². The van der Waals surface area contributed by atoms with Crippen LogP contribution in [0, 0.1) is 5.92 Å². The number of aromatic nitrogens is 1. The third kappa shape index (κ3) is 4.96. The van der Waals surface area contributed by atoms with Crippen LogP contribution in [0.3, 0.4) is 0 Å². The summed E-state index contributed by atoms with van der Waals surface area (Å²) in [5, 5.41) is -0.115. The van der Waals surface area contributed by atoms with Crippen molar-refractivity contribution in [3.8, 4) is 11.3 Å². The topological polar surface area (TPSA) is 33.2 Å². The maximum atomic E-state index is 13.5. The van der Waals surface area contributed by atoms with Crippen LogP contribution in [0.25, 0.3) is 11.3 Å². The molecule has 4 rings (SSSR count). The first-order valence-corrected chi connectivity index (χ1v) is 10.8. The molecule has 1 amide bonds. The first kappa shape index (κ1) is 22.3. The summed E-state index contributed by atoms with van der Waals surface area (Å²) in [5.41, 5.74) is 1.55. The highest BCUT2D eigenvalue weighted by atomic mass is 35.5. The molecule has 1 aromatic heterocycles. The number of carbonyl (C=O) groups is 1. The molecule has 1 aliphatic carbocycles. The summed E-state index contributed by atoms with van der Waals surface area (Å²) >= 11 is 5.95. The standard InChI is InChI=1S/C25H22ClF3N2O/c1-16(21-6-2-3-7-22(21)23-8-4-5-11-30-23)31(15-17-9-10-17)24(32)18-12-19(25(27,28)29)14-20(26)13-18/h2-8,11-14,16-17H,9-10,15H2,1H3. The van der Waals surface area contributed by atoms with Gasteiger partial charge in [-0.1, -0.05) is 41.9 Å². The number of halogens is 4. The summed E-state index contributed by atoms with van der Waals surface area (Å²) in [5.74, 6) is -0.113. The van der Waals surface area contributed by atoms with Crippen molar-refractivity contribution in [2.45, 2.75) is 32.0 Å². The zero-order valence-corrected chi connectivity index (χ0v) is 18.2. The van der Waals surface area contributed by atoms with Gasteiger partial charge in [-0.3, -0.25) is 9.78 Å². The monoisotopic (exact) mass is 458 g/mol. The fourth-order valence-electron chi connectivity index (χ4n) is 3.82. The van der Waals surface area contributed by atoms with Crippen molar-refractivity contribution in [3.05, 3.63) is 88.6 Å². The van der Waals surface area contributed by atoms with Crippen molar-refractivity contribution < 1.29 is 18.0 Å². The van der Waals surface area contributed by atoms with E-state index in [1.165, 1.54) is 6.07 Å². The third-order valence-corrected chi connectivity index (χ3v) is 5.92. The first-order chi connectivity index (χ1) is 15.2. The average Bonchev–Trinajstić information content (AvgIpc) is 3.60. The number of hydrogen-bond acceptors (Lipinski definition) is 2. The van der Waals surface area contributed by atoms with Gasteiger partial charge in [-0.15, -0.1) is 0 Å². The third-order valence-electron chi connectivity index (χ3n) is 5.70. The minimum absolute atomic E-state index is 0.0624. The fourth-order valence-corrected chi connectivity index (χ4v) is 4.06. The number of carbonyl (C=O) groups excluding carboxylic acids is 1. The van der Waals surface area contributed by atoms with Crippen molar-refractivity contribution >= 4 is 17.5 Å². The van der Waals surface area contributed by atoms with Crippen LogP contribution < -0.4 is 0 Å². The maximum absolute atomic E-state index is 13.5. The molecule has 0 aliphatic heterocycles. The lowest BCUT2D eigenvalue weighted by molar-refractivity contribution is -0.137. The normalized spacial score (nSPS) is 14.8. The van der Waals surface area contributed by atoms with E-state index < -0.39 is 17.6 Å². The number of pyridine rings is 1. The number of rotatable bonds is 6. The van der Waals surface area contributed by atoms with Gasteiger partial charge in [0.1, 0.15) is 0 Å². The lowest BCUT2D eigenvalue weighted by Gasteiger charge is -2.31. The molecule has 1 aliphatic rings. The van der Waals surface area contributed by atoms with Crippen LogP contribution in [0.5, 0.6) is 0 Å². The Kier molecular flexibility index (Phi) is 6.24. The van der Waals surface area contributed by atoms with E-state index >= 15 is 0 Å². The lowest BCUT2D eigenvalue weighted by atomic mass is 9.96. The van der Waals surface area contributed by atoms with Gasteiger partial charge in [0.05, 0.1) is 17.3 Å². The van der Waals surface area contributed by atoms with E-state index in [9.17, 15) is 18.0 Å². The largest absolute Gasteiger partial charge is 0.416 e. The quantitative estimate of drug-likeness (QED) is 0.397. The molecule has 1 fully saturated rings. The smallest absolute Gasteiger partial charge is 0.332 e. The number of benzene rings is 2. The molecule has 0 spiro atoms. The van der Waals surface area contributed by atoms with Gasteiger partial charge in [-0.2, -0.15) is 13.2 Å². The first-order valence-electron chi connectivity index (χ1n) is 10.4. The summed E-state index contributed by atoms with van der Waals surface area (Å²) < 4.78 is 39.9.